The van der Waals surface area contributed by atoms with Crippen molar-refractivity contribution in [2.24, 2.45) is 0 Å². The number of nitrogens with zero attached hydrogens (tertiary/aromatic N) is 2. The number of hydrogen-bond acceptors (Lipinski definition) is 3. The highest BCUT2D eigenvalue weighted by Crippen LogP contribution is 2.17. The monoisotopic (exact) mass is 430 g/mol. The first-order chi connectivity index (χ1) is 13.0. The molecular formula is C19H16BrFN4O2. The minimum Gasteiger partial charge on any atom is -0.351 e. The lowest BCUT2D eigenvalue weighted by Gasteiger charge is -2.09. The van der Waals surface area contributed by atoms with Crippen molar-refractivity contribution in [3.05, 3.63) is 77.0 Å². The lowest BCUT2D eigenvalue weighted by molar-refractivity contribution is -0.116. The summed E-state index contributed by atoms with van der Waals surface area (Å²) in [7, 11) is 0. The molecule has 1 heterocycles. The Balaban J connectivity index is 1.48. The summed E-state index contributed by atoms with van der Waals surface area (Å²) < 4.78 is 15.6. The van der Waals surface area contributed by atoms with E-state index in [1.165, 1.54) is 12.1 Å². The van der Waals surface area contributed by atoms with Gasteiger partial charge >= 0.3 is 0 Å². The molecule has 0 unspecified atom stereocenters. The molecule has 0 aliphatic carbocycles. The van der Waals surface area contributed by atoms with E-state index < -0.39 is 11.7 Å². The van der Waals surface area contributed by atoms with Crippen molar-refractivity contribution < 1.29 is 14.0 Å². The largest absolute Gasteiger partial charge is 0.351 e. The maximum absolute atomic E-state index is 13.2. The van der Waals surface area contributed by atoms with Gasteiger partial charge in [0.05, 0.1) is 11.9 Å². The molecule has 3 aromatic rings. The predicted octanol–water partition coefficient (Wildman–Crippen LogP) is 3.53. The van der Waals surface area contributed by atoms with Crippen LogP contribution in [0.1, 0.15) is 16.8 Å². The van der Waals surface area contributed by atoms with Crippen LogP contribution in [0.2, 0.25) is 0 Å². The average molecular weight is 431 g/mol. The Labute approximate surface area is 163 Å². The molecule has 0 fully saturated rings. The van der Waals surface area contributed by atoms with Crippen molar-refractivity contribution in [3.8, 4) is 5.69 Å². The van der Waals surface area contributed by atoms with Crippen LogP contribution in [0.25, 0.3) is 5.69 Å². The maximum atomic E-state index is 13.2. The Morgan fingerprint density at radius 2 is 1.93 bits per heavy atom. The molecule has 138 valence electrons. The average Bonchev–Trinajstić information content (AvgIpc) is 3.19. The molecule has 0 spiro atoms. The van der Waals surface area contributed by atoms with Crippen LogP contribution in [0, 0.1) is 5.82 Å². The third-order valence-electron chi connectivity index (χ3n) is 3.76. The number of imidazole rings is 1. The quantitative estimate of drug-likeness (QED) is 0.627. The Kier molecular flexibility index (Phi) is 5.97. The Bertz CT molecular complexity index is 943. The zero-order valence-electron chi connectivity index (χ0n) is 14.2. The number of anilines is 1. The van der Waals surface area contributed by atoms with Crippen LogP contribution in [0.4, 0.5) is 10.1 Å². The molecule has 3 rings (SSSR count). The number of nitrogens with one attached hydrogen (secondary N) is 2. The fourth-order valence-corrected chi connectivity index (χ4v) is 2.84. The zero-order valence-corrected chi connectivity index (χ0v) is 15.7. The van der Waals surface area contributed by atoms with Gasteiger partial charge in [0.15, 0.2) is 0 Å². The molecule has 6 nitrogen and oxygen atoms in total. The second kappa shape index (κ2) is 8.59. The summed E-state index contributed by atoms with van der Waals surface area (Å²) in [4.78, 5) is 28.1. The van der Waals surface area contributed by atoms with Gasteiger partial charge in [-0.2, -0.15) is 0 Å². The SMILES string of the molecule is O=C(CCNC(=O)c1cc(F)ccc1Br)Nc1ccc(-n2ccnc2)cc1. The molecule has 2 aromatic carbocycles. The van der Waals surface area contributed by atoms with Gasteiger partial charge in [0.25, 0.3) is 5.91 Å². The minimum atomic E-state index is -0.500. The molecule has 0 bridgehead atoms. The fraction of sp³-hybridized carbons (Fsp3) is 0.105. The van der Waals surface area contributed by atoms with Crippen LogP contribution in [-0.2, 0) is 4.79 Å². The van der Waals surface area contributed by atoms with Gasteiger partial charge in [-0.1, -0.05) is 0 Å². The number of aromatic nitrogens is 2. The van der Waals surface area contributed by atoms with E-state index in [9.17, 15) is 14.0 Å². The van der Waals surface area contributed by atoms with Crippen LogP contribution in [0.3, 0.4) is 0 Å². The van der Waals surface area contributed by atoms with Crippen molar-refractivity contribution in [1.82, 2.24) is 14.9 Å². The van der Waals surface area contributed by atoms with E-state index in [1.54, 1.807) is 24.7 Å². The van der Waals surface area contributed by atoms with Crippen molar-refractivity contribution in [2.45, 2.75) is 6.42 Å². The van der Waals surface area contributed by atoms with E-state index in [1.807, 2.05) is 22.9 Å². The summed E-state index contributed by atoms with van der Waals surface area (Å²) in [6.07, 6.45) is 5.30. The van der Waals surface area contributed by atoms with Crippen molar-refractivity contribution in [3.63, 3.8) is 0 Å². The van der Waals surface area contributed by atoms with Gasteiger partial charge in [-0.05, 0) is 58.4 Å². The first-order valence-corrected chi connectivity index (χ1v) is 8.94. The lowest BCUT2D eigenvalue weighted by Crippen LogP contribution is -2.28. The Hall–Kier alpha value is -3.00. The summed E-state index contributed by atoms with van der Waals surface area (Å²) in [5.74, 6) is -1.18. The van der Waals surface area contributed by atoms with Gasteiger partial charge in [-0.25, -0.2) is 9.37 Å². The summed E-state index contributed by atoms with van der Waals surface area (Å²) in [6.45, 7) is 0.140. The molecule has 0 radical (unpaired) electrons. The second-order valence-corrected chi connectivity index (χ2v) is 6.55. The highest BCUT2D eigenvalue weighted by atomic mass is 79.9. The normalized spacial score (nSPS) is 10.4. The van der Waals surface area contributed by atoms with Crippen LogP contribution in [-0.4, -0.2) is 27.9 Å². The second-order valence-electron chi connectivity index (χ2n) is 5.70. The number of carbonyl (C=O) groups excluding carboxylic acids is 2. The van der Waals surface area contributed by atoms with Gasteiger partial charge in [0.2, 0.25) is 5.91 Å². The standard InChI is InChI=1S/C19H16BrFN4O2/c20-17-6-1-13(21)11-16(17)19(27)23-8-7-18(26)24-14-2-4-15(5-3-14)25-10-9-22-12-25/h1-6,9-12H,7-8H2,(H,23,27)(H,24,26). The lowest BCUT2D eigenvalue weighted by atomic mass is 10.2. The number of hydrogen-bond donors (Lipinski definition) is 2. The Morgan fingerprint density at radius 1 is 1.15 bits per heavy atom. The molecule has 1 aromatic heterocycles. The van der Waals surface area contributed by atoms with Gasteiger partial charge < -0.3 is 15.2 Å². The number of benzene rings is 2. The smallest absolute Gasteiger partial charge is 0.252 e. The molecule has 0 saturated carbocycles. The van der Waals surface area contributed by atoms with Gasteiger partial charge in [-0.3, -0.25) is 9.59 Å². The van der Waals surface area contributed by atoms with Gasteiger partial charge in [0, 0.05) is 41.2 Å². The number of rotatable bonds is 6. The fourth-order valence-electron chi connectivity index (χ4n) is 2.41. The van der Waals surface area contributed by atoms with Crippen LogP contribution in [0.15, 0.2) is 65.7 Å². The summed E-state index contributed by atoms with van der Waals surface area (Å²) in [6, 6.07) is 11.2. The molecule has 8 heteroatoms. The molecule has 0 aliphatic heterocycles. The molecule has 27 heavy (non-hydrogen) atoms. The summed E-state index contributed by atoms with van der Waals surface area (Å²) >= 11 is 3.20. The van der Waals surface area contributed by atoms with Crippen LogP contribution in [0.5, 0.6) is 0 Å². The van der Waals surface area contributed by atoms with Crippen molar-refractivity contribution >= 4 is 33.4 Å². The maximum Gasteiger partial charge on any atom is 0.252 e. The van der Waals surface area contributed by atoms with Gasteiger partial charge in [0.1, 0.15) is 5.82 Å². The molecular weight excluding hydrogens is 415 g/mol. The number of amides is 2. The predicted molar refractivity (Wildman–Crippen MR) is 103 cm³/mol. The first-order valence-electron chi connectivity index (χ1n) is 8.14. The van der Waals surface area contributed by atoms with E-state index in [0.717, 1.165) is 11.8 Å². The van der Waals surface area contributed by atoms with E-state index in [4.69, 9.17) is 0 Å². The summed E-state index contributed by atoms with van der Waals surface area (Å²) in [5, 5.41) is 5.37. The summed E-state index contributed by atoms with van der Waals surface area (Å²) in [5.41, 5.74) is 1.77. The van der Waals surface area contributed by atoms with Crippen molar-refractivity contribution in [1.29, 1.82) is 0 Å². The number of halogens is 2. The molecule has 2 N–H and O–H groups in total. The molecule has 0 aliphatic rings. The van der Waals surface area contributed by atoms with E-state index in [2.05, 4.69) is 31.5 Å². The zero-order chi connectivity index (χ0) is 19.2. The third kappa shape index (κ3) is 5.01. The van der Waals surface area contributed by atoms with E-state index >= 15 is 0 Å². The highest BCUT2D eigenvalue weighted by Gasteiger charge is 2.11. The van der Waals surface area contributed by atoms with Crippen molar-refractivity contribution in [2.75, 3.05) is 11.9 Å². The number of carbonyl (C=O) groups is 2. The topological polar surface area (TPSA) is 76.0 Å². The van der Waals surface area contributed by atoms with Crippen LogP contribution >= 0.6 is 15.9 Å². The minimum absolute atomic E-state index is 0.0992. The first kappa shape index (κ1) is 18.8. The van der Waals surface area contributed by atoms with Gasteiger partial charge in [-0.15, -0.1) is 0 Å². The third-order valence-corrected chi connectivity index (χ3v) is 4.46. The molecule has 2 amide bonds. The highest BCUT2D eigenvalue weighted by molar-refractivity contribution is 9.10. The molecule has 0 saturated heterocycles. The molecule has 0 atom stereocenters. The van der Waals surface area contributed by atoms with E-state index in [-0.39, 0.29) is 24.4 Å². The van der Waals surface area contributed by atoms with Crippen LogP contribution < -0.4 is 10.6 Å². The van der Waals surface area contributed by atoms with E-state index in [0.29, 0.717) is 10.2 Å². The Morgan fingerprint density at radius 3 is 2.63 bits per heavy atom.